The molecule has 0 bridgehead atoms. The first-order valence-electron chi connectivity index (χ1n) is 10.3. The number of aliphatic hydroxyl groups is 1. The van der Waals surface area contributed by atoms with E-state index in [9.17, 15) is 9.90 Å². The van der Waals surface area contributed by atoms with Crippen LogP contribution in [-0.4, -0.2) is 40.8 Å². The summed E-state index contributed by atoms with van der Waals surface area (Å²) < 4.78 is 7.54. The lowest BCUT2D eigenvalue weighted by Crippen LogP contribution is -2.45. The first-order valence-corrected chi connectivity index (χ1v) is 10.7. The Bertz CT molecular complexity index is 859. The Morgan fingerprint density at radius 1 is 1.39 bits per heavy atom. The zero-order chi connectivity index (χ0) is 19.7. The summed E-state index contributed by atoms with van der Waals surface area (Å²) in [5, 5.41) is 14.4. The maximum atomic E-state index is 13.1. The van der Waals surface area contributed by atoms with E-state index in [2.05, 4.69) is 12.2 Å². The fourth-order valence-electron chi connectivity index (χ4n) is 4.86. The summed E-state index contributed by atoms with van der Waals surface area (Å²) in [6, 6.07) is 5.70. The molecule has 2 aromatic heterocycles. The number of carbonyl (C=O) groups is 1. The van der Waals surface area contributed by atoms with Crippen LogP contribution in [0.5, 0.6) is 0 Å². The molecule has 3 heterocycles. The molecule has 1 saturated heterocycles. The lowest BCUT2D eigenvalue weighted by molar-refractivity contribution is -0.0109. The average molecular weight is 405 g/mol. The third-order valence-electron chi connectivity index (χ3n) is 6.30. The number of nitrogens with one attached hydrogen (secondary N) is 1. The second-order valence-electron chi connectivity index (χ2n) is 8.55. The van der Waals surface area contributed by atoms with Crippen molar-refractivity contribution >= 4 is 23.0 Å². The summed E-state index contributed by atoms with van der Waals surface area (Å²) in [5.74, 6) is 0.667. The lowest BCUT2D eigenvalue weighted by atomic mass is 9.79. The summed E-state index contributed by atoms with van der Waals surface area (Å²) in [4.78, 5) is 13.1. The molecule has 1 saturated carbocycles. The van der Waals surface area contributed by atoms with Crippen LogP contribution in [0, 0.1) is 5.92 Å². The highest BCUT2D eigenvalue weighted by atomic mass is 35.5. The summed E-state index contributed by atoms with van der Waals surface area (Å²) in [6.45, 7) is 3.92. The van der Waals surface area contributed by atoms with Gasteiger partial charge in [0.05, 0.1) is 21.7 Å². The molecule has 0 radical (unpaired) electrons. The first kappa shape index (κ1) is 19.7. The van der Waals surface area contributed by atoms with Gasteiger partial charge in [-0.05, 0) is 49.8 Å². The monoisotopic (exact) mass is 404 g/mol. The van der Waals surface area contributed by atoms with Crippen LogP contribution in [0.1, 0.15) is 67.4 Å². The number of ether oxygens (including phenoxy) is 1. The van der Waals surface area contributed by atoms with Gasteiger partial charge in [0.15, 0.2) is 0 Å². The normalized spacial score (nSPS) is 26.5. The molecule has 6 heteroatoms. The van der Waals surface area contributed by atoms with Crippen LogP contribution in [0.15, 0.2) is 24.4 Å². The molecule has 5 nitrogen and oxygen atoms in total. The van der Waals surface area contributed by atoms with E-state index in [4.69, 9.17) is 16.3 Å². The molecular formula is C22H29ClN2O3. The Morgan fingerprint density at radius 3 is 2.93 bits per heavy atom. The molecule has 2 atom stereocenters. The van der Waals surface area contributed by atoms with E-state index in [0.717, 1.165) is 62.9 Å². The van der Waals surface area contributed by atoms with Gasteiger partial charge in [-0.2, -0.15) is 0 Å². The van der Waals surface area contributed by atoms with E-state index < -0.39 is 5.60 Å². The van der Waals surface area contributed by atoms with Crippen LogP contribution in [0.4, 0.5) is 0 Å². The Balaban J connectivity index is 1.59. The highest BCUT2D eigenvalue weighted by Gasteiger charge is 2.33. The molecule has 4 rings (SSSR count). The number of nitrogens with zero attached hydrogens (tertiary/aromatic N) is 1. The molecule has 152 valence electrons. The van der Waals surface area contributed by atoms with Gasteiger partial charge in [-0.15, -0.1) is 0 Å². The van der Waals surface area contributed by atoms with Gasteiger partial charge in [0, 0.05) is 37.6 Å². The number of hydrogen-bond acceptors (Lipinski definition) is 3. The number of fused-ring (bicyclic) bond motifs is 1. The number of pyridine rings is 1. The topological polar surface area (TPSA) is 63.0 Å². The minimum atomic E-state index is -0.809. The Labute approximate surface area is 171 Å². The lowest BCUT2D eigenvalue weighted by Gasteiger charge is -2.35. The summed E-state index contributed by atoms with van der Waals surface area (Å²) in [7, 11) is 0. The Hall–Kier alpha value is -1.56. The molecule has 1 amide bonds. The predicted molar refractivity (Wildman–Crippen MR) is 110 cm³/mol. The van der Waals surface area contributed by atoms with Crippen molar-refractivity contribution in [1.82, 2.24) is 9.72 Å². The van der Waals surface area contributed by atoms with Crippen LogP contribution in [-0.2, 0) is 4.74 Å². The zero-order valence-electron chi connectivity index (χ0n) is 16.4. The molecule has 2 aliphatic rings. The highest BCUT2D eigenvalue weighted by molar-refractivity contribution is 6.34. The van der Waals surface area contributed by atoms with Crippen LogP contribution in [0.2, 0.25) is 5.02 Å². The van der Waals surface area contributed by atoms with Crippen molar-refractivity contribution in [2.24, 2.45) is 5.92 Å². The summed E-state index contributed by atoms with van der Waals surface area (Å²) >= 11 is 6.48. The van der Waals surface area contributed by atoms with Gasteiger partial charge in [-0.3, -0.25) is 4.79 Å². The fourth-order valence-corrected chi connectivity index (χ4v) is 5.12. The molecule has 28 heavy (non-hydrogen) atoms. The minimum Gasteiger partial charge on any atom is -0.388 e. The third-order valence-corrected chi connectivity index (χ3v) is 6.61. The maximum absolute atomic E-state index is 13.1. The molecular weight excluding hydrogens is 376 g/mol. The van der Waals surface area contributed by atoms with Crippen molar-refractivity contribution in [2.75, 3.05) is 19.8 Å². The second kappa shape index (κ2) is 8.05. The van der Waals surface area contributed by atoms with E-state index in [-0.39, 0.29) is 12.5 Å². The highest BCUT2D eigenvalue weighted by Crippen LogP contribution is 2.34. The smallest absolute Gasteiger partial charge is 0.253 e. The Kier molecular flexibility index (Phi) is 5.68. The molecule has 2 aromatic rings. The molecule has 2 fully saturated rings. The number of amides is 1. The van der Waals surface area contributed by atoms with E-state index in [1.54, 1.807) is 0 Å². The minimum absolute atomic E-state index is 0.171. The Morgan fingerprint density at radius 2 is 2.18 bits per heavy atom. The van der Waals surface area contributed by atoms with Crippen LogP contribution >= 0.6 is 11.6 Å². The van der Waals surface area contributed by atoms with Gasteiger partial charge in [-0.25, -0.2) is 0 Å². The molecule has 1 aliphatic heterocycles. The van der Waals surface area contributed by atoms with Crippen molar-refractivity contribution in [3.05, 3.63) is 40.7 Å². The number of aromatic nitrogens is 1. The SMILES string of the molecule is C[C@@H]1CCC[C@](O)(CNC(=O)c2cc(C3CCOCC3)n3cccc(Cl)c23)C1. The largest absolute Gasteiger partial charge is 0.388 e. The number of halogens is 1. The predicted octanol–water partition coefficient (Wildman–Crippen LogP) is 4.16. The van der Waals surface area contributed by atoms with Crippen molar-refractivity contribution in [3.8, 4) is 0 Å². The fraction of sp³-hybridized carbons (Fsp3) is 0.591. The zero-order valence-corrected chi connectivity index (χ0v) is 17.2. The van der Waals surface area contributed by atoms with Crippen molar-refractivity contribution < 1.29 is 14.6 Å². The van der Waals surface area contributed by atoms with Crippen LogP contribution < -0.4 is 5.32 Å². The number of hydrogen-bond donors (Lipinski definition) is 2. The quantitative estimate of drug-likeness (QED) is 0.804. The van der Waals surface area contributed by atoms with Crippen molar-refractivity contribution in [1.29, 1.82) is 0 Å². The number of carbonyl (C=O) groups excluding carboxylic acids is 1. The molecule has 0 unspecified atom stereocenters. The van der Waals surface area contributed by atoms with Gasteiger partial charge >= 0.3 is 0 Å². The first-order chi connectivity index (χ1) is 13.5. The molecule has 1 aliphatic carbocycles. The van der Waals surface area contributed by atoms with Crippen molar-refractivity contribution in [3.63, 3.8) is 0 Å². The summed E-state index contributed by atoms with van der Waals surface area (Å²) in [5.41, 5.74) is 1.62. The number of rotatable bonds is 4. The molecule has 2 N–H and O–H groups in total. The van der Waals surface area contributed by atoms with Gasteiger partial charge < -0.3 is 19.6 Å². The molecule has 0 spiro atoms. The van der Waals surface area contributed by atoms with E-state index in [0.29, 0.717) is 22.4 Å². The molecule has 0 aromatic carbocycles. The van der Waals surface area contributed by atoms with E-state index >= 15 is 0 Å². The third kappa shape index (κ3) is 3.93. The summed E-state index contributed by atoms with van der Waals surface area (Å²) in [6.07, 6.45) is 7.47. The van der Waals surface area contributed by atoms with Crippen LogP contribution in [0.25, 0.3) is 5.52 Å². The maximum Gasteiger partial charge on any atom is 0.253 e. The van der Waals surface area contributed by atoms with E-state index in [1.165, 1.54) is 0 Å². The van der Waals surface area contributed by atoms with E-state index in [1.807, 2.05) is 28.8 Å². The standard InChI is InChI=1S/C22H29ClN2O3/c1-15-4-2-8-22(27,13-15)14-24-21(26)17-12-19(16-6-10-28-11-7-16)25-9-3-5-18(23)20(17)25/h3,5,9,12,15-16,27H,2,4,6-8,10-11,13-14H2,1H3,(H,24,26)/t15-,22-/m1/s1. The average Bonchev–Trinajstić information content (AvgIpc) is 3.08. The van der Waals surface area contributed by atoms with Gasteiger partial charge in [0.2, 0.25) is 0 Å². The second-order valence-corrected chi connectivity index (χ2v) is 8.96. The van der Waals surface area contributed by atoms with Gasteiger partial charge in [0.1, 0.15) is 0 Å². The van der Waals surface area contributed by atoms with Gasteiger partial charge in [-0.1, -0.05) is 31.4 Å². The van der Waals surface area contributed by atoms with Crippen LogP contribution in [0.3, 0.4) is 0 Å². The van der Waals surface area contributed by atoms with Gasteiger partial charge in [0.25, 0.3) is 5.91 Å². The van der Waals surface area contributed by atoms with Crippen molar-refractivity contribution in [2.45, 2.75) is 57.0 Å².